The summed E-state index contributed by atoms with van der Waals surface area (Å²) >= 11 is 5.87. The van der Waals surface area contributed by atoms with Crippen LogP contribution in [0.1, 0.15) is 33.6 Å². The van der Waals surface area contributed by atoms with Crippen molar-refractivity contribution in [1.29, 1.82) is 0 Å². The highest BCUT2D eigenvalue weighted by Gasteiger charge is 2.27. The summed E-state index contributed by atoms with van der Waals surface area (Å²) in [4.78, 5) is 13.6. The van der Waals surface area contributed by atoms with Crippen molar-refractivity contribution in [3.8, 4) is 0 Å². The number of piperidine rings is 1. The zero-order chi connectivity index (χ0) is 13.8. The number of rotatable bonds is 3. The van der Waals surface area contributed by atoms with Crippen molar-refractivity contribution in [3.05, 3.63) is 0 Å². The molecule has 0 N–H and O–H groups in total. The molecule has 1 aliphatic heterocycles. The van der Waals surface area contributed by atoms with Crippen molar-refractivity contribution in [3.63, 3.8) is 0 Å². The van der Waals surface area contributed by atoms with E-state index in [0.717, 1.165) is 12.8 Å². The molecule has 0 bridgehead atoms. The lowest BCUT2D eigenvalue weighted by Crippen LogP contribution is -2.43. The van der Waals surface area contributed by atoms with Gasteiger partial charge in [-0.1, -0.05) is 0 Å². The van der Waals surface area contributed by atoms with Crippen LogP contribution >= 0.6 is 24.4 Å². The van der Waals surface area contributed by atoms with Crippen LogP contribution in [0.2, 0.25) is 0 Å². The summed E-state index contributed by atoms with van der Waals surface area (Å²) < 4.78 is 11.0. The van der Waals surface area contributed by atoms with Crippen molar-refractivity contribution in [2.24, 2.45) is 0 Å². The van der Waals surface area contributed by atoms with E-state index in [4.69, 9.17) is 9.47 Å². The van der Waals surface area contributed by atoms with Crippen LogP contribution in [0.5, 0.6) is 0 Å². The summed E-state index contributed by atoms with van der Waals surface area (Å²) in [5, 5.41) is 0. The maximum Gasteiger partial charge on any atom is 0.410 e. The fourth-order valence-corrected chi connectivity index (χ4v) is 2.16. The third-order valence-electron chi connectivity index (χ3n) is 2.60. The minimum Gasteiger partial charge on any atom is -0.444 e. The molecule has 18 heavy (non-hydrogen) atoms. The van der Waals surface area contributed by atoms with Crippen molar-refractivity contribution < 1.29 is 14.3 Å². The van der Waals surface area contributed by atoms with Gasteiger partial charge in [0, 0.05) is 13.1 Å². The fraction of sp³-hybridized carbons (Fsp3) is 0.917. The summed E-state index contributed by atoms with van der Waals surface area (Å²) in [6.07, 6.45) is 3.62. The van der Waals surface area contributed by atoms with Crippen LogP contribution in [0.3, 0.4) is 0 Å². The molecule has 4 nitrogen and oxygen atoms in total. The van der Waals surface area contributed by atoms with Gasteiger partial charge in [-0.3, -0.25) is 0 Å². The summed E-state index contributed by atoms with van der Waals surface area (Å²) in [5.74, 6) is 0. The Bertz CT molecular complexity index is 273. The minimum absolute atomic E-state index is 0.0805. The molecular weight excluding hydrogens is 270 g/mol. The quantitative estimate of drug-likeness (QED) is 0.641. The largest absolute Gasteiger partial charge is 0.444 e. The van der Waals surface area contributed by atoms with Crippen LogP contribution in [0.15, 0.2) is 0 Å². The van der Waals surface area contributed by atoms with Gasteiger partial charge in [0.1, 0.15) is 10.4 Å². The van der Waals surface area contributed by atoms with Crippen LogP contribution in [0, 0.1) is 0 Å². The van der Waals surface area contributed by atoms with Gasteiger partial charge in [-0.05, 0) is 39.9 Å². The highest BCUT2D eigenvalue weighted by Crippen LogP contribution is 2.22. The van der Waals surface area contributed by atoms with E-state index in [1.165, 1.54) is 0 Å². The average molecular weight is 293 g/mol. The lowest BCUT2D eigenvalue weighted by atomic mass is 10.1. The average Bonchev–Trinajstić information content (AvgIpc) is 2.27. The molecule has 0 aromatic carbocycles. The second kappa shape index (κ2) is 6.91. The van der Waals surface area contributed by atoms with Crippen LogP contribution < -0.4 is 0 Å². The van der Waals surface area contributed by atoms with E-state index in [-0.39, 0.29) is 17.0 Å². The van der Waals surface area contributed by atoms with E-state index < -0.39 is 5.60 Å². The van der Waals surface area contributed by atoms with E-state index in [0.29, 0.717) is 13.1 Å². The predicted molar refractivity (Wildman–Crippen MR) is 78.2 cm³/mol. The Hall–Kier alpha value is -0.0700. The van der Waals surface area contributed by atoms with E-state index >= 15 is 0 Å². The smallest absolute Gasteiger partial charge is 0.410 e. The van der Waals surface area contributed by atoms with Gasteiger partial charge < -0.3 is 14.4 Å². The molecule has 0 saturated carbocycles. The van der Waals surface area contributed by atoms with Gasteiger partial charge in [-0.25, -0.2) is 4.79 Å². The molecule has 0 radical (unpaired) electrons. The lowest BCUT2D eigenvalue weighted by Gasteiger charge is -2.34. The molecule has 106 valence electrons. The maximum absolute atomic E-state index is 11.8. The van der Waals surface area contributed by atoms with Crippen molar-refractivity contribution >= 4 is 30.5 Å². The van der Waals surface area contributed by atoms with Gasteiger partial charge in [-0.15, -0.1) is 24.4 Å². The molecule has 1 heterocycles. The standard InChI is InChI=1S/C12H23NO3S2/c1-12(2,3)16-10(14)13-7-5-9(6-8-13)15-11(17)18-4/h9,11,17H,5-8H2,1-4H3. The molecule has 0 aromatic heterocycles. The van der Waals surface area contributed by atoms with Crippen LogP contribution in [0.25, 0.3) is 0 Å². The number of amides is 1. The van der Waals surface area contributed by atoms with Crippen LogP contribution in [-0.4, -0.2) is 46.8 Å². The third-order valence-corrected chi connectivity index (χ3v) is 3.87. The summed E-state index contributed by atoms with van der Waals surface area (Å²) in [6, 6.07) is 0. The number of hydrogen-bond acceptors (Lipinski definition) is 5. The Morgan fingerprint density at radius 2 is 1.94 bits per heavy atom. The maximum atomic E-state index is 11.8. The molecule has 1 atom stereocenters. The predicted octanol–water partition coefficient (Wildman–Crippen LogP) is 2.98. The number of ether oxygens (including phenoxy) is 2. The molecule has 6 heteroatoms. The van der Waals surface area contributed by atoms with Gasteiger partial charge >= 0.3 is 6.09 Å². The number of hydrogen-bond donors (Lipinski definition) is 1. The Morgan fingerprint density at radius 3 is 2.39 bits per heavy atom. The van der Waals surface area contributed by atoms with Crippen molar-refractivity contribution in [2.45, 2.75) is 50.1 Å². The van der Waals surface area contributed by atoms with Crippen molar-refractivity contribution in [1.82, 2.24) is 4.90 Å². The molecule has 0 spiro atoms. The van der Waals surface area contributed by atoms with Gasteiger partial charge in [0.25, 0.3) is 0 Å². The third kappa shape index (κ3) is 5.71. The minimum atomic E-state index is -0.431. The summed E-state index contributed by atoms with van der Waals surface area (Å²) in [6.45, 7) is 7.02. The second-order valence-corrected chi connectivity index (χ2v) is 7.06. The normalized spacial score (nSPS) is 19.7. The van der Waals surface area contributed by atoms with Gasteiger partial charge in [-0.2, -0.15) is 0 Å². The monoisotopic (exact) mass is 293 g/mol. The summed E-state index contributed by atoms with van der Waals surface area (Å²) in [7, 11) is 0. The molecule has 1 rings (SSSR count). The highest BCUT2D eigenvalue weighted by molar-refractivity contribution is 8.09. The number of likely N-dealkylation sites (tertiary alicyclic amines) is 1. The Kier molecular flexibility index (Phi) is 6.14. The zero-order valence-corrected chi connectivity index (χ0v) is 13.2. The Balaban J connectivity index is 2.33. The van der Waals surface area contributed by atoms with Crippen LogP contribution in [-0.2, 0) is 9.47 Å². The number of thioether (sulfide) groups is 1. The number of carbonyl (C=O) groups is 1. The first-order valence-electron chi connectivity index (χ1n) is 6.16. The van der Waals surface area contributed by atoms with Crippen LogP contribution in [0.4, 0.5) is 4.79 Å². The number of nitrogens with zero attached hydrogens (tertiary/aromatic N) is 1. The van der Waals surface area contributed by atoms with E-state index in [1.54, 1.807) is 16.7 Å². The van der Waals surface area contributed by atoms with E-state index in [1.807, 2.05) is 27.0 Å². The Labute approximate surface area is 119 Å². The summed E-state index contributed by atoms with van der Waals surface area (Å²) in [5.41, 5.74) is -0.431. The second-order valence-electron chi connectivity index (χ2n) is 5.35. The Morgan fingerprint density at radius 1 is 1.39 bits per heavy atom. The van der Waals surface area contributed by atoms with E-state index in [2.05, 4.69) is 12.6 Å². The molecule has 0 aromatic rings. The van der Waals surface area contributed by atoms with Crippen molar-refractivity contribution in [2.75, 3.05) is 19.3 Å². The zero-order valence-electron chi connectivity index (χ0n) is 11.5. The van der Waals surface area contributed by atoms with Gasteiger partial charge in [0.15, 0.2) is 0 Å². The lowest BCUT2D eigenvalue weighted by molar-refractivity contribution is -0.00456. The van der Waals surface area contributed by atoms with Gasteiger partial charge in [0.2, 0.25) is 0 Å². The number of carbonyl (C=O) groups excluding carboxylic acids is 1. The number of thiol groups is 1. The molecule has 1 unspecified atom stereocenters. The SMILES string of the molecule is CSC(S)OC1CCN(C(=O)OC(C)(C)C)CC1. The fourth-order valence-electron chi connectivity index (χ4n) is 1.72. The molecule has 1 fully saturated rings. The molecule has 0 aliphatic carbocycles. The molecular formula is C12H23NO3S2. The molecule has 1 aliphatic rings. The van der Waals surface area contributed by atoms with Gasteiger partial charge in [0.05, 0.1) is 6.10 Å². The molecule has 1 amide bonds. The topological polar surface area (TPSA) is 38.8 Å². The first kappa shape index (κ1) is 16.0. The molecule has 1 saturated heterocycles. The first-order valence-corrected chi connectivity index (χ1v) is 7.96. The van der Waals surface area contributed by atoms with E-state index in [9.17, 15) is 4.79 Å². The highest BCUT2D eigenvalue weighted by atomic mass is 32.2. The first-order chi connectivity index (χ1) is 8.31.